The van der Waals surface area contributed by atoms with Gasteiger partial charge in [0.1, 0.15) is 5.75 Å². The van der Waals surface area contributed by atoms with Crippen LogP contribution in [0.4, 0.5) is 5.69 Å². The zero-order valence-corrected chi connectivity index (χ0v) is 10.2. The lowest BCUT2D eigenvalue weighted by Gasteiger charge is -2.10. The molecular formula is C12H12N2O2S. The highest BCUT2D eigenvalue weighted by molar-refractivity contribution is 7.80. The van der Waals surface area contributed by atoms with E-state index in [1.54, 1.807) is 0 Å². The summed E-state index contributed by atoms with van der Waals surface area (Å²) in [5.41, 5.74) is 7.12. The third kappa shape index (κ3) is 1.42. The van der Waals surface area contributed by atoms with Crippen LogP contribution in [0.15, 0.2) is 12.1 Å². The molecule has 0 amide bonds. The van der Waals surface area contributed by atoms with E-state index in [9.17, 15) is 4.79 Å². The predicted octanol–water partition coefficient (Wildman–Crippen LogP) is 1.76. The van der Waals surface area contributed by atoms with Crippen LogP contribution in [-0.2, 0) is 0 Å². The second-order valence-electron chi connectivity index (χ2n) is 4.55. The molecule has 2 aliphatic rings. The molecule has 1 aliphatic heterocycles. The van der Waals surface area contributed by atoms with Gasteiger partial charge in [0.05, 0.1) is 11.3 Å². The first-order valence-electron chi connectivity index (χ1n) is 5.47. The smallest absolute Gasteiger partial charge is 0.212 e. The number of ether oxygens (including phenoxy) is 1. The molecule has 0 atom stereocenters. The van der Waals surface area contributed by atoms with Crippen molar-refractivity contribution in [1.82, 2.24) is 0 Å². The Bertz CT molecular complexity index is 550. The minimum absolute atomic E-state index is 0.0509. The molecule has 1 spiro atoms. The van der Waals surface area contributed by atoms with Crippen molar-refractivity contribution in [2.24, 2.45) is 5.73 Å². The lowest BCUT2D eigenvalue weighted by molar-refractivity contribution is 0.0821. The Balaban J connectivity index is 2.14. The van der Waals surface area contributed by atoms with Gasteiger partial charge in [0.2, 0.25) is 5.78 Å². The monoisotopic (exact) mass is 248 g/mol. The Morgan fingerprint density at radius 1 is 1.53 bits per heavy atom. The Morgan fingerprint density at radius 2 is 2.24 bits per heavy atom. The van der Waals surface area contributed by atoms with Gasteiger partial charge in [-0.3, -0.25) is 4.79 Å². The van der Waals surface area contributed by atoms with Crippen molar-refractivity contribution in [1.29, 1.82) is 0 Å². The van der Waals surface area contributed by atoms with Crippen molar-refractivity contribution >= 4 is 28.8 Å². The van der Waals surface area contributed by atoms with Crippen molar-refractivity contribution < 1.29 is 9.53 Å². The van der Waals surface area contributed by atoms with E-state index in [-0.39, 0.29) is 10.9 Å². The van der Waals surface area contributed by atoms with Crippen molar-refractivity contribution in [3.05, 3.63) is 23.3 Å². The summed E-state index contributed by atoms with van der Waals surface area (Å²) in [5.74, 6) is 0.687. The molecule has 3 N–H and O–H groups in total. The van der Waals surface area contributed by atoms with E-state index in [4.69, 9.17) is 22.7 Å². The van der Waals surface area contributed by atoms with Crippen LogP contribution in [0.3, 0.4) is 0 Å². The number of fused-ring (bicyclic) bond motifs is 1. The number of benzene rings is 1. The summed E-state index contributed by atoms with van der Waals surface area (Å²) in [4.78, 5) is 12.3. The maximum absolute atomic E-state index is 12.3. The fourth-order valence-corrected chi connectivity index (χ4v) is 2.31. The molecule has 0 saturated heterocycles. The van der Waals surface area contributed by atoms with Crippen LogP contribution in [0.25, 0.3) is 0 Å². The Morgan fingerprint density at radius 3 is 2.82 bits per heavy atom. The number of hydrogen-bond donors (Lipinski definition) is 2. The molecule has 17 heavy (non-hydrogen) atoms. The minimum Gasteiger partial charge on any atom is -0.478 e. The molecular weight excluding hydrogens is 236 g/mol. The van der Waals surface area contributed by atoms with E-state index in [1.807, 2.05) is 19.1 Å². The third-order valence-electron chi connectivity index (χ3n) is 3.27. The van der Waals surface area contributed by atoms with Gasteiger partial charge in [-0.25, -0.2) is 0 Å². The molecule has 4 nitrogen and oxygen atoms in total. The highest BCUT2D eigenvalue weighted by Crippen LogP contribution is 2.52. The Kier molecular flexibility index (Phi) is 1.98. The standard InChI is InChI=1S/C12H12N2O2S/c1-6-2-3-7-8(9(6)14-11(13)17)10(15)12(16-7)4-5-12/h2-3H,4-5H2,1H3,(H3,13,14,17). The van der Waals surface area contributed by atoms with Crippen molar-refractivity contribution in [2.45, 2.75) is 25.4 Å². The number of anilines is 1. The molecule has 1 fully saturated rings. The molecule has 3 rings (SSSR count). The minimum atomic E-state index is -0.581. The van der Waals surface area contributed by atoms with Crippen LogP contribution in [-0.4, -0.2) is 16.5 Å². The van der Waals surface area contributed by atoms with E-state index in [2.05, 4.69) is 5.32 Å². The van der Waals surface area contributed by atoms with Gasteiger partial charge in [-0.15, -0.1) is 0 Å². The first-order valence-corrected chi connectivity index (χ1v) is 5.88. The number of carbonyl (C=O) groups excluding carboxylic acids is 1. The molecule has 0 unspecified atom stereocenters. The van der Waals surface area contributed by atoms with Crippen molar-refractivity contribution in [2.75, 3.05) is 5.32 Å². The fourth-order valence-electron chi connectivity index (χ4n) is 2.21. The molecule has 0 radical (unpaired) electrons. The van der Waals surface area contributed by atoms with E-state index >= 15 is 0 Å². The molecule has 5 heteroatoms. The lowest BCUT2D eigenvalue weighted by Crippen LogP contribution is -2.24. The van der Waals surface area contributed by atoms with Crippen molar-refractivity contribution in [3.8, 4) is 5.75 Å². The van der Waals surface area contributed by atoms with E-state index in [1.165, 1.54) is 0 Å². The van der Waals surface area contributed by atoms with Gasteiger partial charge in [-0.2, -0.15) is 0 Å². The van der Waals surface area contributed by atoms with Crippen LogP contribution in [0.5, 0.6) is 5.75 Å². The predicted molar refractivity (Wildman–Crippen MR) is 68.5 cm³/mol. The maximum atomic E-state index is 12.3. The molecule has 1 aromatic carbocycles. The SMILES string of the molecule is Cc1ccc2c(c1NC(N)=S)C(=O)C1(CC1)O2. The number of Topliss-reactive ketones (excluding diaryl/α,β-unsaturated/α-hetero) is 1. The van der Waals surface area contributed by atoms with Gasteiger partial charge in [-0.05, 0) is 43.6 Å². The molecule has 0 bridgehead atoms. The Hall–Kier alpha value is -1.62. The quantitative estimate of drug-likeness (QED) is 0.741. The maximum Gasteiger partial charge on any atom is 0.212 e. The second-order valence-corrected chi connectivity index (χ2v) is 4.99. The van der Waals surface area contributed by atoms with Gasteiger partial charge >= 0.3 is 0 Å². The summed E-state index contributed by atoms with van der Waals surface area (Å²) >= 11 is 4.83. The summed E-state index contributed by atoms with van der Waals surface area (Å²) in [6, 6.07) is 3.73. The summed E-state index contributed by atoms with van der Waals surface area (Å²) in [7, 11) is 0. The summed E-state index contributed by atoms with van der Waals surface area (Å²) < 4.78 is 5.72. The third-order valence-corrected chi connectivity index (χ3v) is 3.38. The topological polar surface area (TPSA) is 64.3 Å². The van der Waals surface area contributed by atoms with Crippen LogP contribution >= 0.6 is 12.2 Å². The average molecular weight is 248 g/mol. The van der Waals surface area contributed by atoms with Crippen LogP contribution in [0.2, 0.25) is 0 Å². The number of aryl methyl sites for hydroxylation is 1. The number of nitrogens with one attached hydrogen (secondary N) is 1. The zero-order chi connectivity index (χ0) is 12.2. The molecule has 0 aromatic heterocycles. The van der Waals surface area contributed by atoms with Crippen LogP contribution in [0, 0.1) is 6.92 Å². The Labute approximate surface area is 104 Å². The highest BCUT2D eigenvalue weighted by Gasteiger charge is 2.58. The molecule has 1 aliphatic carbocycles. The number of nitrogens with two attached hydrogens (primary N) is 1. The number of carbonyl (C=O) groups is 1. The van der Waals surface area contributed by atoms with E-state index in [0.717, 1.165) is 18.4 Å². The van der Waals surface area contributed by atoms with Gasteiger partial charge in [0, 0.05) is 0 Å². The largest absolute Gasteiger partial charge is 0.478 e. The number of hydrogen-bond acceptors (Lipinski definition) is 3. The first kappa shape index (κ1) is 10.5. The fraction of sp³-hybridized carbons (Fsp3) is 0.333. The average Bonchev–Trinajstić information content (AvgIpc) is 2.96. The second kappa shape index (κ2) is 3.20. The number of ketones is 1. The first-order chi connectivity index (χ1) is 8.03. The van der Waals surface area contributed by atoms with Crippen molar-refractivity contribution in [3.63, 3.8) is 0 Å². The molecule has 1 saturated carbocycles. The van der Waals surface area contributed by atoms with E-state index in [0.29, 0.717) is 17.0 Å². The van der Waals surface area contributed by atoms with Crippen LogP contribution < -0.4 is 15.8 Å². The lowest BCUT2D eigenvalue weighted by atomic mass is 10.0. The molecule has 88 valence electrons. The highest BCUT2D eigenvalue weighted by atomic mass is 32.1. The van der Waals surface area contributed by atoms with Crippen LogP contribution in [0.1, 0.15) is 28.8 Å². The summed E-state index contributed by atoms with van der Waals surface area (Å²) in [5, 5.41) is 3.04. The number of thiocarbonyl (C=S) groups is 1. The molecule has 1 heterocycles. The summed E-state index contributed by atoms with van der Waals surface area (Å²) in [6.07, 6.45) is 1.60. The van der Waals surface area contributed by atoms with Gasteiger partial charge in [-0.1, -0.05) is 6.07 Å². The van der Waals surface area contributed by atoms with Gasteiger partial charge in [0.15, 0.2) is 10.7 Å². The summed E-state index contributed by atoms with van der Waals surface area (Å²) in [6.45, 7) is 1.91. The normalized spacial score (nSPS) is 18.8. The van der Waals surface area contributed by atoms with Gasteiger partial charge < -0.3 is 15.8 Å². The van der Waals surface area contributed by atoms with Gasteiger partial charge in [0.25, 0.3) is 0 Å². The van der Waals surface area contributed by atoms with E-state index < -0.39 is 5.60 Å². The zero-order valence-electron chi connectivity index (χ0n) is 9.37. The number of rotatable bonds is 1. The molecule has 1 aromatic rings.